The van der Waals surface area contributed by atoms with Gasteiger partial charge in [-0.3, -0.25) is 0 Å². The first-order valence-electron chi connectivity index (χ1n) is 50.1. The summed E-state index contributed by atoms with van der Waals surface area (Å²) < 4.78 is 140. The van der Waals surface area contributed by atoms with Crippen LogP contribution in [0.2, 0.25) is 0 Å². The van der Waals surface area contributed by atoms with E-state index in [0.717, 1.165) is 0 Å². The van der Waals surface area contributed by atoms with Gasteiger partial charge < -0.3 is 230 Å². The summed E-state index contributed by atoms with van der Waals surface area (Å²) >= 11 is 0. The van der Waals surface area contributed by atoms with E-state index in [-0.39, 0.29) is 0 Å². The van der Waals surface area contributed by atoms with Gasteiger partial charge in [-0.25, -0.2) is 0 Å². The monoisotopic (exact) mass is 1950 g/mol. The number of hydrogen-bond acceptors (Lipinski definition) is 44. The van der Waals surface area contributed by atoms with Crippen LogP contribution in [0.25, 0.3) is 0 Å². The Hall–Kier alpha value is -1.76. The molecule has 44 N–H and O–H groups in total. The molecular formula is C90H204N22O22. The maximum Gasteiger partial charge on any atom is 0.0765 e. The van der Waals surface area contributed by atoms with Crippen LogP contribution in [0.1, 0.15) is 212 Å². The average molecular weight is 1950 g/mol. The van der Waals surface area contributed by atoms with Gasteiger partial charge in [-0.1, -0.05) is 0 Å². The molecule has 0 spiro atoms. The van der Waals surface area contributed by atoms with Crippen molar-refractivity contribution >= 4 is 0 Å². The molecule has 0 aromatic carbocycles. The maximum absolute atomic E-state index is 9.09. The van der Waals surface area contributed by atoms with Crippen LogP contribution in [0.3, 0.4) is 0 Å². The van der Waals surface area contributed by atoms with Gasteiger partial charge >= 0.3 is 0 Å². The first-order valence-corrected chi connectivity index (χ1v) is 50.1. The Morgan fingerprint density at radius 2 is 0.291 bits per heavy atom. The predicted octanol–water partition coefficient (Wildman–Crippen LogP) is -1.48. The summed E-state index contributed by atoms with van der Waals surface area (Å²) in [6.07, 6.45) is 12.4. The van der Waals surface area contributed by atoms with Crippen molar-refractivity contribution in [2.75, 3.05) is 277 Å². The lowest BCUT2D eigenvalue weighted by Crippen LogP contribution is -2.69. The summed E-state index contributed by atoms with van der Waals surface area (Å²) in [5.41, 5.74) is 129. The third kappa shape index (κ3) is 81.6. The molecule has 0 aliphatic carbocycles. The van der Waals surface area contributed by atoms with Crippen molar-refractivity contribution in [1.82, 2.24) is 0 Å². The van der Waals surface area contributed by atoms with Gasteiger partial charge in [0.15, 0.2) is 0 Å². The second kappa shape index (κ2) is 92.4. The van der Waals surface area contributed by atoms with Crippen LogP contribution >= 0.6 is 0 Å². The van der Waals surface area contributed by atoms with Crippen LogP contribution in [0.4, 0.5) is 0 Å². The molecule has 0 aliphatic rings. The summed E-state index contributed by atoms with van der Waals surface area (Å²) in [5.74, 6) is 0. The van der Waals surface area contributed by atoms with E-state index in [9.17, 15) is 0 Å². The smallest absolute Gasteiger partial charge is 0.0765 e. The Morgan fingerprint density at radius 1 is 0.142 bits per heavy atom. The molecule has 44 nitrogen and oxygen atoms in total. The molecule has 0 aliphatic heterocycles. The van der Waals surface area contributed by atoms with Crippen molar-refractivity contribution in [2.45, 2.75) is 296 Å². The van der Waals surface area contributed by atoms with Crippen molar-refractivity contribution in [1.29, 1.82) is 0 Å². The van der Waals surface area contributed by atoms with Crippen LogP contribution in [0, 0.1) is 5.41 Å². The second-order valence-electron chi connectivity index (χ2n) is 35.2. The van der Waals surface area contributed by atoms with E-state index in [1.807, 2.05) is 0 Å². The van der Waals surface area contributed by atoms with Crippen molar-refractivity contribution in [3.8, 4) is 0 Å². The topological polar surface area (TPSA) is 776 Å². The third-order valence-corrected chi connectivity index (χ3v) is 22.7. The minimum absolute atomic E-state index is 0.296. The zero-order chi connectivity index (χ0) is 98.9. The Labute approximate surface area is 805 Å². The fourth-order valence-corrected chi connectivity index (χ4v) is 15.4. The zero-order valence-corrected chi connectivity index (χ0v) is 83.0. The van der Waals surface area contributed by atoms with Crippen LogP contribution in [-0.4, -0.2) is 361 Å². The van der Waals surface area contributed by atoms with Crippen molar-refractivity contribution in [3.05, 3.63) is 0 Å². The van der Waals surface area contributed by atoms with E-state index in [4.69, 9.17) is 230 Å². The van der Waals surface area contributed by atoms with Crippen LogP contribution in [0.5, 0.6) is 0 Å². The molecule has 0 saturated heterocycles. The highest BCUT2D eigenvalue weighted by molar-refractivity contribution is 5.15. The molecule has 0 saturated carbocycles. The molecule has 0 atom stereocenters. The van der Waals surface area contributed by atoms with E-state index < -0.39 is 89.4 Å². The largest absolute Gasteiger partial charge is 0.381 e. The van der Waals surface area contributed by atoms with Gasteiger partial charge in [-0.05, 0) is 212 Å². The lowest BCUT2D eigenvalue weighted by Gasteiger charge is -2.63. The minimum Gasteiger partial charge on any atom is -0.381 e. The lowest BCUT2D eigenvalue weighted by molar-refractivity contribution is -0.257. The van der Waals surface area contributed by atoms with Crippen molar-refractivity contribution in [2.24, 2.45) is 132 Å². The van der Waals surface area contributed by atoms with E-state index in [0.29, 0.717) is 489 Å². The second-order valence-corrected chi connectivity index (χ2v) is 35.2. The van der Waals surface area contributed by atoms with Crippen molar-refractivity contribution < 1.29 is 104 Å². The Balaban J connectivity index is 9.65. The molecule has 0 bridgehead atoms. The number of hydrogen-bond donors (Lipinski definition) is 22. The van der Waals surface area contributed by atoms with Gasteiger partial charge in [-0.2, -0.15) is 0 Å². The van der Waals surface area contributed by atoms with Crippen LogP contribution in [0.15, 0.2) is 0 Å². The molecule has 134 heavy (non-hydrogen) atoms. The van der Waals surface area contributed by atoms with E-state index in [1.54, 1.807) is 0 Å². The SMILES string of the molecule is NC(N)CCOCCOCCCC(N)(CCCOCCOCCC(N)N)CCOCCCC(CCCOCCOCCC(N)N)(CCCOCCOCCC(N)N)OC(CCCOCCOCCC(N)N)(CCCOCCOCCC(N)N)C(CCCOCCOCCC(N)N)(CCCOCCOCCC(N)N)C(N)(CCCOCCOCCC(N)N)CCCOCCOCCC(N)N. The molecule has 0 aromatic heterocycles. The molecule has 0 fully saturated rings. The highest BCUT2D eigenvalue weighted by Gasteiger charge is 2.62. The van der Waals surface area contributed by atoms with E-state index in [1.165, 1.54) is 0 Å². The zero-order valence-electron chi connectivity index (χ0n) is 83.0. The number of rotatable bonds is 111. The van der Waals surface area contributed by atoms with Gasteiger partial charge in [0.1, 0.15) is 0 Å². The summed E-state index contributed by atoms with van der Waals surface area (Å²) in [6, 6.07) is 0. The molecule has 0 unspecified atom stereocenters. The molecule has 0 radical (unpaired) electrons. The summed E-state index contributed by atoms with van der Waals surface area (Å²) in [7, 11) is 0. The number of nitrogens with two attached hydrogens (primary N) is 22. The van der Waals surface area contributed by atoms with Gasteiger partial charge in [0.2, 0.25) is 0 Å². The fourth-order valence-electron chi connectivity index (χ4n) is 15.4. The van der Waals surface area contributed by atoms with E-state index >= 15 is 0 Å². The highest BCUT2D eigenvalue weighted by Crippen LogP contribution is 2.59. The standard InChI is InChI=1S/C90H204N22O22/c91-76(92)12-45-124-66-56-114-34-1-22-86(111,23-2-35-115-57-67-125-46-13-77(93)94)33-55-113-36-3-24-87(25-4-37-116-58-68-126-47-14-78(95)96,26-5-38-117-59-69-127-48-15-79(97)98)134-90(31-10-43-122-64-74-132-53-20-84(107)108,32-11-44-123-65-75-133-54-21-85(109)110)88(27-6-39-118-60-70-128-49-16-80(99)100,28-7-40-119-61-71-129-50-17-81(101)102)89(112,29-8-41-120-62-72-130-51-18-82(103)104)30-9-42-121-63-73-131-52-19-83(105)106/h76-85H,1-75,91-112H2. The van der Waals surface area contributed by atoms with E-state index in [2.05, 4.69) is 0 Å². The summed E-state index contributed by atoms with van der Waals surface area (Å²) in [6.45, 7) is 15.1. The first kappa shape index (κ1) is 132. The van der Waals surface area contributed by atoms with Gasteiger partial charge in [0.05, 0.1) is 205 Å². The summed E-state index contributed by atoms with van der Waals surface area (Å²) in [4.78, 5) is 0. The predicted molar refractivity (Wildman–Crippen MR) is 524 cm³/mol. The van der Waals surface area contributed by atoms with Crippen LogP contribution < -0.4 is 126 Å². The molecule has 44 heteroatoms. The first-order chi connectivity index (χ1) is 64.6. The molecule has 0 rings (SSSR count). The molecular weight excluding hydrogens is 1740 g/mol. The highest BCUT2D eigenvalue weighted by atomic mass is 16.6. The van der Waals surface area contributed by atoms with Crippen LogP contribution in [-0.2, 0) is 104 Å². The average Bonchev–Trinajstić information content (AvgIpc) is 0.717. The Kier molecular flexibility index (Phi) is 91.2. The fraction of sp³-hybridized carbons (Fsp3) is 1.00. The normalized spacial score (nSPS) is 13.0. The van der Waals surface area contributed by atoms with Gasteiger partial charge in [0.25, 0.3) is 0 Å². The third-order valence-electron chi connectivity index (χ3n) is 22.7. The molecule has 806 valence electrons. The van der Waals surface area contributed by atoms with Gasteiger partial charge in [0, 0.05) is 162 Å². The number of ether oxygens (including phenoxy) is 22. The molecule has 0 amide bonds. The Bertz CT molecular complexity index is 2300. The summed E-state index contributed by atoms with van der Waals surface area (Å²) in [5, 5.41) is 0. The Morgan fingerprint density at radius 3 is 0.478 bits per heavy atom. The maximum atomic E-state index is 9.09. The van der Waals surface area contributed by atoms with Gasteiger partial charge in [-0.15, -0.1) is 0 Å². The molecule has 0 aromatic rings. The van der Waals surface area contributed by atoms with Crippen molar-refractivity contribution in [3.63, 3.8) is 0 Å². The lowest BCUT2D eigenvalue weighted by atomic mass is 9.51. The molecule has 0 heterocycles. The quantitative estimate of drug-likeness (QED) is 0.0244. The minimum atomic E-state index is -1.19.